The van der Waals surface area contributed by atoms with E-state index in [2.05, 4.69) is 10.3 Å². The van der Waals surface area contributed by atoms with Crippen LogP contribution in [-0.4, -0.2) is 18.0 Å². The number of benzene rings is 2. The number of thiazole rings is 1. The van der Waals surface area contributed by atoms with Crippen molar-refractivity contribution in [2.75, 3.05) is 12.8 Å². The van der Waals surface area contributed by atoms with Gasteiger partial charge in [-0.05, 0) is 23.8 Å². The normalized spacial score (nSPS) is 10.4. The van der Waals surface area contributed by atoms with E-state index in [1.807, 2.05) is 47.8 Å². The number of amides is 1. The Hall–Kier alpha value is -2.86. The highest BCUT2D eigenvalue weighted by molar-refractivity contribution is 7.13. The zero-order valence-corrected chi connectivity index (χ0v) is 14.0. The van der Waals surface area contributed by atoms with Crippen LogP contribution in [0.1, 0.15) is 16.1 Å². The molecule has 3 aromatic rings. The summed E-state index contributed by atoms with van der Waals surface area (Å²) in [6, 6.07) is 15.2. The molecule has 0 saturated heterocycles. The van der Waals surface area contributed by atoms with E-state index < -0.39 is 0 Å². The van der Waals surface area contributed by atoms with Crippen LogP contribution in [-0.2, 0) is 6.54 Å². The summed E-state index contributed by atoms with van der Waals surface area (Å²) in [5.41, 5.74) is 8.81. The van der Waals surface area contributed by atoms with Crippen molar-refractivity contribution in [3.05, 3.63) is 65.2 Å². The van der Waals surface area contributed by atoms with Crippen LogP contribution >= 0.6 is 11.3 Å². The Bertz CT molecular complexity index is 861. The number of para-hydroxylation sites is 1. The van der Waals surface area contributed by atoms with Crippen molar-refractivity contribution in [1.29, 1.82) is 0 Å². The first-order chi connectivity index (χ1) is 11.7. The van der Waals surface area contributed by atoms with E-state index >= 15 is 0 Å². The summed E-state index contributed by atoms with van der Waals surface area (Å²) in [5, 5.41) is 5.19. The van der Waals surface area contributed by atoms with Crippen molar-refractivity contribution >= 4 is 22.4 Å². The lowest BCUT2D eigenvalue weighted by Crippen LogP contribution is -2.22. The predicted molar refractivity (Wildman–Crippen MR) is 96.1 cm³/mol. The molecule has 1 heterocycles. The van der Waals surface area contributed by atoms with Gasteiger partial charge in [0.1, 0.15) is 5.75 Å². The molecule has 3 rings (SSSR count). The molecular formula is C18H17N3O2S. The Labute approximate surface area is 144 Å². The molecule has 3 N–H and O–H groups in total. The van der Waals surface area contributed by atoms with Gasteiger partial charge in [0.25, 0.3) is 5.91 Å². The van der Waals surface area contributed by atoms with Crippen LogP contribution in [0.2, 0.25) is 0 Å². The molecule has 122 valence electrons. The number of hydrogen-bond acceptors (Lipinski definition) is 5. The summed E-state index contributed by atoms with van der Waals surface area (Å²) >= 11 is 1.36. The number of ether oxygens (including phenoxy) is 1. The van der Waals surface area contributed by atoms with E-state index in [4.69, 9.17) is 10.5 Å². The van der Waals surface area contributed by atoms with Gasteiger partial charge in [0.05, 0.1) is 19.3 Å². The maximum Gasteiger partial charge on any atom is 0.251 e. The lowest BCUT2D eigenvalue weighted by atomic mass is 10.0. The largest absolute Gasteiger partial charge is 0.496 e. The smallest absolute Gasteiger partial charge is 0.251 e. The zero-order chi connectivity index (χ0) is 16.9. The number of nitrogens with two attached hydrogens (primary N) is 1. The van der Waals surface area contributed by atoms with E-state index in [-0.39, 0.29) is 5.91 Å². The first kappa shape index (κ1) is 16.0. The van der Waals surface area contributed by atoms with Gasteiger partial charge in [0.2, 0.25) is 0 Å². The Morgan fingerprint density at radius 3 is 2.83 bits per heavy atom. The Morgan fingerprint density at radius 1 is 1.25 bits per heavy atom. The monoisotopic (exact) mass is 339 g/mol. The molecule has 0 bridgehead atoms. The van der Waals surface area contributed by atoms with Crippen LogP contribution in [0.15, 0.2) is 53.9 Å². The molecule has 5 nitrogen and oxygen atoms in total. The number of rotatable bonds is 5. The highest BCUT2D eigenvalue weighted by Gasteiger charge is 2.10. The van der Waals surface area contributed by atoms with Crippen molar-refractivity contribution < 1.29 is 9.53 Å². The number of aromatic nitrogens is 1. The van der Waals surface area contributed by atoms with Crippen LogP contribution in [0, 0.1) is 0 Å². The molecule has 0 aliphatic heterocycles. The fraction of sp³-hybridized carbons (Fsp3) is 0.111. The predicted octanol–water partition coefficient (Wildman–Crippen LogP) is 3.33. The van der Waals surface area contributed by atoms with Gasteiger partial charge in [-0.2, -0.15) is 0 Å². The fourth-order valence-corrected chi connectivity index (χ4v) is 2.95. The third-order valence-electron chi connectivity index (χ3n) is 3.54. The van der Waals surface area contributed by atoms with Gasteiger partial charge >= 0.3 is 0 Å². The molecule has 0 radical (unpaired) electrons. The number of hydrogen-bond donors (Lipinski definition) is 2. The first-order valence-electron chi connectivity index (χ1n) is 7.39. The molecule has 0 unspecified atom stereocenters. The number of nitrogen functional groups attached to an aromatic ring is 1. The minimum absolute atomic E-state index is 0.154. The van der Waals surface area contributed by atoms with Gasteiger partial charge in [-0.1, -0.05) is 30.3 Å². The molecule has 0 saturated carbocycles. The van der Waals surface area contributed by atoms with Crippen LogP contribution in [0.25, 0.3) is 11.1 Å². The first-order valence-corrected chi connectivity index (χ1v) is 8.27. The van der Waals surface area contributed by atoms with E-state index in [1.165, 1.54) is 11.3 Å². The summed E-state index contributed by atoms with van der Waals surface area (Å²) in [7, 11) is 1.63. The molecule has 0 atom stereocenters. The van der Waals surface area contributed by atoms with Gasteiger partial charge in [-0.25, -0.2) is 4.98 Å². The number of anilines is 1. The second kappa shape index (κ2) is 7.14. The van der Waals surface area contributed by atoms with Crippen molar-refractivity contribution in [1.82, 2.24) is 10.3 Å². The molecule has 2 aromatic carbocycles. The maximum absolute atomic E-state index is 12.4. The quantitative estimate of drug-likeness (QED) is 0.747. The third kappa shape index (κ3) is 3.55. The highest BCUT2D eigenvalue weighted by atomic mass is 32.1. The molecular weight excluding hydrogens is 322 g/mol. The number of nitrogens with one attached hydrogen (secondary N) is 1. The molecule has 0 spiro atoms. The summed E-state index contributed by atoms with van der Waals surface area (Å²) in [4.78, 5) is 16.5. The molecule has 0 aliphatic carbocycles. The van der Waals surface area contributed by atoms with E-state index in [0.29, 0.717) is 17.2 Å². The molecule has 1 amide bonds. The van der Waals surface area contributed by atoms with E-state index in [9.17, 15) is 4.79 Å². The van der Waals surface area contributed by atoms with Gasteiger partial charge in [-0.15, -0.1) is 11.3 Å². The Balaban J connectivity index is 1.78. The average Bonchev–Trinajstić information content (AvgIpc) is 3.05. The van der Waals surface area contributed by atoms with Crippen molar-refractivity contribution in [2.24, 2.45) is 0 Å². The molecule has 24 heavy (non-hydrogen) atoms. The van der Waals surface area contributed by atoms with Crippen LogP contribution < -0.4 is 15.8 Å². The third-order valence-corrected chi connectivity index (χ3v) is 4.27. The molecule has 6 heteroatoms. The van der Waals surface area contributed by atoms with Gasteiger partial charge in [-0.3, -0.25) is 4.79 Å². The Morgan fingerprint density at radius 2 is 2.08 bits per heavy atom. The SMILES string of the molecule is COc1ccccc1-c1cccc(C(=O)NCc2csc(N)n2)c1. The van der Waals surface area contributed by atoms with Crippen molar-refractivity contribution in [3.8, 4) is 16.9 Å². The summed E-state index contributed by atoms with van der Waals surface area (Å²) in [6.45, 7) is 0.353. The molecule has 1 aromatic heterocycles. The lowest BCUT2D eigenvalue weighted by molar-refractivity contribution is 0.0950. The van der Waals surface area contributed by atoms with Crippen molar-refractivity contribution in [2.45, 2.75) is 6.54 Å². The summed E-state index contributed by atoms with van der Waals surface area (Å²) < 4.78 is 5.39. The zero-order valence-electron chi connectivity index (χ0n) is 13.2. The number of carbonyl (C=O) groups is 1. The molecule has 0 fully saturated rings. The van der Waals surface area contributed by atoms with E-state index in [0.717, 1.165) is 22.6 Å². The minimum atomic E-state index is -0.154. The number of methoxy groups -OCH3 is 1. The standard InChI is InChI=1S/C18H17N3O2S/c1-23-16-8-3-2-7-15(16)12-5-4-6-13(9-12)17(22)20-10-14-11-24-18(19)21-14/h2-9,11H,10H2,1H3,(H2,19,21)(H,20,22). The minimum Gasteiger partial charge on any atom is -0.496 e. The maximum atomic E-state index is 12.4. The van der Waals surface area contributed by atoms with E-state index in [1.54, 1.807) is 13.2 Å². The summed E-state index contributed by atoms with van der Waals surface area (Å²) in [6.07, 6.45) is 0. The second-order valence-electron chi connectivity index (χ2n) is 5.14. The van der Waals surface area contributed by atoms with Crippen LogP contribution in [0.4, 0.5) is 5.13 Å². The Kier molecular flexibility index (Phi) is 4.77. The average molecular weight is 339 g/mol. The van der Waals surface area contributed by atoms with Gasteiger partial charge in [0, 0.05) is 16.5 Å². The van der Waals surface area contributed by atoms with Gasteiger partial charge < -0.3 is 15.8 Å². The highest BCUT2D eigenvalue weighted by Crippen LogP contribution is 2.29. The summed E-state index contributed by atoms with van der Waals surface area (Å²) in [5.74, 6) is 0.617. The lowest BCUT2D eigenvalue weighted by Gasteiger charge is -2.10. The fourth-order valence-electron chi connectivity index (χ4n) is 2.39. The second-order valence-corrected chi connectivity index (χ2v) is 6.03. The van der Waals surface area contributed by atoms with Crippen molar-refractivity contribution in [3.63, 3.8) is 0 Å². The number of nitrogens with zero attached hydrogens (tertiary/aromatic N) is 1. The van der Waals surface area contributed by atoms with Gasteiger partial charge in [0.15, 0.2) is 5.13 Å². The number of carbonyl (C=O) groups excluding carboxylic acids is 1. The topological polar surface area (TPSA) is 77.2 Å². The van der Waals surface area contributed by atoms with Crippen LogP contribution in [0.3, 0.4) is 0 Å². The molecule has 0 aliphatic rings. The van der Waals surface area contributed by atoms with Crippen LogP contribution in [0.5, 0.6) is 5.75 Å².